The number of carboxylic acids is 5. The van der Waals surface area contributed by atoms with Gasteiger partial charge in [-0.3, -0.25) is 29.0 Å². The van der Waals surface area contributed by atoms with Gasteiger partial charge in [-0.25, -0.2) is 24.9 Å². The van der Waals surface area contributed by atoms with Gasteiger partial charge in [-0.15, -0.1) is 0 Å². The van der Waals surface area contributed by atoms with E-state index in [1.54, 1.807) is 92.0 Å². The Morgan fingerprint density at radius 2 is 0.674 bits per heavy atom. The number of phenols is 1. The first-order valence-corrected chi connectivity index (χ1v) is 45.0. The molecule has 42 nitrogen and oxygen atoms in total. The number of hydrogen-bond donors (Lipinski definition) is 18. The van der Waals surface area contributed by atoms with Crippen molar-refractivity contribution in [1.29, 1.82) is 0 Å². The minimum atomic E-state index is -0.833. The lowest BCUT2D eigenvalue weighted by Crippen LogP contribution is -2.43. The molecule has 23 N–H and O–H groups in total. The third-order valence-electron chi connectivity index (χ3n) is 26.1. The van der Waals surface area contributed by atoms with Gasteiger partial charge in [0.15, 0.2) is 51.2 Å². The highest BCUT2D eigenvalue weighted by atomic mass is 16.5. The Morgan fingerprint density at radius 1 is 0.341 bits per heavy atom. The maximum Gasteiger partial charge on any atom is 0.320 e. The van der Waals surface area contributed by atoms with E-state index in [0.717, 1.165) is 132 Å². The van der Waals surface area contributed by atoms with Gasteiger partial charge in [0.2, 0.25) is 0 Å². The van der Waals surface area contributed by atoms with Crippen LogP contribution in [0.5, 0.6) is 23.0 Å². The third-order valence-corrected chi connectivity index (χ3v) is 26.1. The predicted molar refractivity (Wildman–Crippen MR) is 514 cm³/mol. The molecule has 4 aromatic carbocycles. The van der Waals surface area contributed by atoms with Crippen molar-refractivity contribution in [2.45, 2.75) is 124 Å². The number of H-pyrrole nitrogens is 2. The summed E-state index contributed by atoms with van der Waals surface area (Å²) in [5.41, 5.74) is 49.6. The first-order chi connectivity index (χ1) is 66.8. The number of aliphatic carboxylic acids is 5. The van der Waals surface area contributed by atoms with Crippen molar-refractivity contribution in [3.8, 4) is 78.6 Å². The van der Waals surface area contributed by atoms with Crippen molar-refractivity contribution in [3.05, 3.63) is 212 Å². The summed E-state index contributed by atoms with van der Waals surface area (Å²) in [5, 5.41) is 94.9. The van der Waals surface area contributed by atoms with Crippen molar-refractivity contribution >= 4 is 109 Å². The van der Waals surface area contributed by atoms with Gasteiger partial charge in [0.25, 0.3) is 0 Å². The molecule has 10 unspecified atom stereocenters. The van der Waals surface area contributed by atoms with Gasteiger partial charge in [-0.2, -0.15) is 48.1 Å². The number of aromatic amines is 2. The average molecular weight is 1870 g/mol. The standard InChI is InChI=1S/C21H20N6O2.C20H20N6O2.C20H23N5O4.C19H21N5O4.C16H18N6O2/c22-19-8-18(13-5-6-17(21(28)29)24-9-13)26-20-15(11-25-27(19)20)14-7-12-3-1-2-4-16(12)23-10-14;21-18-8-17(13-2-4-16(20(27)28)23-9-13)25-19-14(10-24-26(18)19)11-1-3-15-12(7-11)5-6-22-15;1-28-16-6-4-11(7-17(16)29-2)13-10-23-25-18(21)8-15(24-19(13)25)12-3-5-14(20(26)27)22-9-12;1-28-16-6-10(3-5-15(16)25)12-9-22-24-17(20)7-14(23-18(12)24)11-2-4-13(19(26)27)21-8-11;17-14-5-13(10-1-2-12(16(23)24)19-7-10)21-15-11(8-20-22(14)15)9-3-4-18-6-9/h1-4,7-8,10-11,13,17,24H,5-6,9,22H2,(H,28,29);1,3,5-8,10,13,16,22-23H,2,4,9,21H2,(H,27,28);4,6-8,10,12,14,22H,3,5,9,21H2,1-2H3,(H,26,27);3,5-7,9,11,13,21,25H,2,4,8,20H2,1H3,(H,26,27);3-6,8,10,12,18-19H,1-2,7,17H2,(H,23,24). The predicted octanol–water partition coefficient (Wildman–Crippen LogP) is 9.58. The van der Waals surface area contributed by atoms with Crippen LogP contribution in [0.3, 0.4) is 0 Å². The lowest BCUT2D eigenvalue weighted by atomic mass is 9.92. The van der Waals surface area contributed by atoms with Crippen LogP contribution in [-0.2, 0) is 24.0 Å². The highest BCUT2D eigenvalue weighted by Gasteiger charge is 2.35. The topological polar surface area (TPSA) is 620 Å². The smallest absolute Gasteiger partial charge is 0.320 e. The molecule has 0 aliphatic carbocycles. The van der Waals surface area contributed by atoms with Gasteiger partial charge in [-0.1, -0.05) is 36.4 Å². The van der Waals surface area contributed by atoms with Gasteiger partial charge in [0.05, 0.1) is 86.3 Å². The number of piperidine rings is 5. The number of aromatic hydroxyl groups is 1. The lowest BCUT2D eigenvalue weighted by molar-refractivity contribution is -0.141. The zero-order valence-corrected chi connectivity index (χ0v) is 75.2. The molecule has 138 heavy (non-hydrogen) atoms. The fourth-order valence-electron chi connectivity index (χ4n) is 18.5. The van der Waals surface area contributed by atoms with E-state index >= 15 is 0 Å². The molecule has 5 aliphatic heterocycles. The zero-order chi connectivity index (χ0) is 96.3. The molecule has 0 saturated carbocycles. The van der Waals surface area contributed by atoms with Crippen LogP contribution in [0, 0.1) is 0 Å². The number of aromatic nitrogens is 18. The number of ether oxygens (including phenoxy) is 3. The Bertz CT molecular complexity index is 7390. The summed E-state index contributed by atoms with van der Waals surface area (Å²) in [6.07, 6.45) is 22.7. The maximum absolute atomic E-state index is 11.2. The summed E-state index contributed by atoms with van der Waals surface area (Å²) >= 11 is 0. The number of nitrogens with two attached hydrogens (primary N) is 5. The van der Waals surface area contributed by atoms with E-state index in [9.17, 15) is 34.2 Å². The Kier molecular flexibility index (Phi) is 26.4. The quantitative estimate of drug-likeness (QED) is 0.0380. The first kappa shape index (κ1) is 92.0. The Labute approximate surface area is 785 Å². The fourth-order valence-corrected chi connectivity index (χ4v) is 18.5. The van der Waals surface area contributed by atoms with Crippen LogP contribution >= 0.6 is 0 Å². The highest BCUT2D eigenvalue weighted by Crippen LogP contribution is 2.41. The van der Waals surface area contributed by atoms with Crippen molar-refractivity contribution in [2.24, 2.45) is 0 Å². The number of pyridine rings is 1. The molecule has 42 heteroatoms. The van der Waals surface area contributed by atoms with E-state index in [1.165, 1.54) is 7.11 Å². The molecule has 710 valence electrons. The number of carbonyl (C=O) groups is 5. The largest absolute Gasteiger partial charge is 0.504 e. The van der Waals surface area contributed by atoms with Gasteiger partial charge in [0, 0.05) is 167 Å². The Morgan fingerprint density at radius 3 is 1.02 bits per heavy atom. The molecule has 5 aliphatic rings. The normalized spacial score (nSPS) is 19.9. The number of nitrogens with one attached hydrogen (secondary N) is 7. The van der Waals surface area contributed by atoms with Crippen LogP contribution in [0.15, 0.2) is 183 Å². The second-order valence-corrected chi connectivity index (χ2v) is 34.6. The molecule has 0 amide bonds. The molecule has 10 atom stereocenters. The molecule has 0 radical (unpaired) electrons. The molecule has 13 aromatic heterocycles. The second-order valence-electron chi connectivity index (χ2n) is 34.6. The van der Waals surface area contributed by atoms with Crippen LogP contribution in [0.4, 0.5) is 29.1 Å². The monoisotopic (exact) mass is 1870 g/mol. The summed E-state index contributed by atoms with van der Waals surface area (Å²) in [4.78, 5) is 90.5. The van der Waals surface area contributed by atoms with Crippen LogP contribution in [0.1, 0.15) is 122 Å². The van der Waals surface area contributed by atoms with Gasteiger partial charge in [-0.05, 0) is 147 Å². The SMILES string of the molecule is COc1cc(-c2cnn3c(N)cc(C4CCC(C(=O)O)NC4)nc23)ccc1O.COc1ccc(-c2cnn3c(N)cc(C4CCC(C(=O)O)NC4)nc23)cc1OC.Nc1cc(C2CCC(C(=O)O)NC2)nc2c(-c3cc[nH]c3)cnn12.Nc1cc(C2CCC(C(=O)O)NC2)nc2c(-c3ccc4[nH]ccc4c3)cnn12.Nc1cc(C2CCC(C(=O)O)NC2)nc2c(-c3cnc4ccccc4c3)cnn12. The molecule has 0 bridgehead atoms. The summed E-state index contributed by atoms with van der Waals surface area (Å²) < 4.78 is 24.0. The number of fused-ring (bicyclic) bond motifs is 7. The van der Waals surface area contributed by atoms with Crippen molar-refractivity contribution in [2.75, 3.05) is 82.7 Å². The van der Waals surface area contributed by atoms with E-state index in [4.69, 9.17) is 88.2 Å². The molecule has 18 heterocycles. The number of hydrogen-bond acceptors (Lipinski definition) is 30. The number of anilines is 5. The summed E-state index contributed by atoms with van der Waals surface area (Å²) in [6, 6.07) is 37.5. The average Bonchev–Trinajstić information content (AvgIpc) is 1.63. The van der Waals surface area contributed by atoms with E-state index in [2.05, 4.69) is 79.2 Å². The molecule has 5 fully saturated rings. The first-order valence-electron chi connectivity index (χ1n) is 45.0. The zero-order valence-electron chi connectivity index (χ0n) is 75.2. The second kappa shape index (κ2) is 39.6. The van der Waals surface area contributed by atoms with E-state index in [0.29, 0.717) is 146 Å². The molecular weight excluding hydrogens is 1770 g/mol. The Balaban J connectivity index is 0.000000115. The number of rotatable bonds is 18. The minimum Gasteiger partial charge on any atom is -0.504 e. The number of nitrogens with zero attached hydrogens (tertiary/aromatic N) is 16. The van der Waals surface area contributed by atoms with Crippen LogP contribution < -0.4 is 69.5 Å². The summed E-state index contributed by atoms with van der Waals surface area (Å²) in [5.74, 6) is 0.613. The van der Waals surface area contributed by atoms with E-state index in [1.807, 2.05) is 116 Å². The van der Waals surface area contributed by atoms with Crippen LogP contribution in [0.2, 0.25) is 0 Å². The number of methoxy groups -OCH3 is 3. The van der Waals surface area contributed by atoms with E-state index < -0.39 is 60.1 Å². The number of carboxylic acid groups (broad SMARTS) is 5. The lowest BCUT2D eigenvalue weighted by Gasteiger charge is -2.27. The van der Waals surface area contributed by atoms with Crippen molar-refractivity contribution in [3.63, 3.8) is 0 Å². The fraction of sp³-hybridized carbons (Fsp3) is 0.292. The maximum atomic E-state index is 11.2. The van der Waals surface area contributed by atoms with Gasteiger partial charge >= 0.3 is 29.8 Å². The number of nitrogen functional groups attached to an aromatic ring is 5. The number of phenolic OH excluding ortho intramolecular Hbond substituents is 1. The van der Waals surface area contributed by atoms with Crippen LogP contribution in [-0.4, -0.2) is 233 Å². The van der Waals surface area contributed by atoms with Crippen LogP contribution in [0.25, 0.3) is 106 Å². The van der Waals surface area contributed by atoms with Crippen molar-refractivity contribution < 1.29 is 68.8 Å². The number of para-hydroxylation sites is 1. The molecule has 0 spiro atoms. The number of benzene rings is 4. The summed E-state index contributed by atoms with van der Waals surface area (Å²) in [6.45, 7) is 2.77. The van der Waals surface area contributed by atoms with Gasteiger partial charge < -0.3 is 110 Å². The Hall–Kier alpha value is -16.4. The molecular formula is C96H102N28O14. The van der Waals surface area contributed by atoms with E-state index in [-0.39, 0.29) is 35.3 Å². The third kappa shape index (κ3) is 19.1. The van der Waals surface area contributed by atoms with Gasteiger partial charge in [0.1, 0.15) is 59.3 Å². The molecule has 22 rings (SSSR count). The minimum absolute atomic E-state index is 0.0529. The van der Waals surface area contributed by atoms with Crippen molar-refractivity contribution in [1.82, 2.24) is 115 Å². The summed E-state index contributed by atoms with van der Waals surface area (Å²) in [7, 11) is 4.67. The molecule has 5 saturated heterocycles. The highest BCUT2D eigenvalue weighted by molar-refractivity contribution is 5.90. The molecule has 17 aromatic rings.